The van der Waals surface area contributed by atoms with Crippen LogP contribution in [0.1, 0.15) is 82.9 Å². The number of para-hydroxylation sites is 1. The summed E-state index contributed by atoms with van der Waals surface area (Å²) in [6.07, 6.45) is 5.27. The number of hydrogen-bond acceptors (Lipinski definition) is 8. The van der Waals surface area contributed by atoms with Gasteiger partial charge in [0.1, 0.15) is 22.9 Å². The Morgan fingerprint density at radius 2 is 1.43 bits per heavy atom. The van der Waals surface area contributed by atoms with Crippen molar-refractivity contribution in [2.24, 2.45) is 0 Å². The molecule has 0 aliphatic heterocycles. The number of phenolic OH excluding ortho intramolecular Hbond substituents is 2. The topological polar surface area (TPSA) is 139 Å². The molecule has 0 amide bonds. The highest BCUT2D eigenvalue weighted by Crippen LogP contribution is 2.46. The third-order valence-corrected chi connectivity index (χ3v) is 6.85. The highest BCUT2D eigenvalue weighted by Gasteiger charge is 2.42. The van der Waals surface area contributed by atoms with E-state index in [1.54, 1.807) is 0 Å². The molecule has 9 nitrogen and oxygen atoms in total. The van der Waals surface area contributed by atoms with Gasteiger partial charge in [-0.2, -0.15) is 0 Å². The van der Waals surface area contributed by atoms with Gasteiger partial charge in [0.05, 0.1) is 33.8 Å². The lowest BCUT2D eigenvalue weighted by molar-refractivity contribution is -0.384. The van der Waals surface area contributed by atoms with Gasteiger partial charge in [-0.1, -0.05) is 51.2 Å². The number of rotatable bonds is 11. The highest BCUT2D eigenvalue weighted by atomic mass is 19.1. The SMILES string of the molecule is CCCCCCCCOc1c(F)c2c(c(F)c1Nc1c(C)cccc1[N+](=O)[O-])C(=O)c1c(O)ccc(O)c1C2=O. The summed E-state index contributed by atoms with van der Waals surface area (Å²) >= 11 is 0. The molecule has 11 heteroatoms. The smallest absolute Gasteiger partial charge is 0.292 e. The monoisotopic (exact) mass is 554 g/mol. The molecule has 40 heavy (non-hydrogen) atoms. The Hall–Kier alpha value is -4.54. The lowest BCUT2D eigenvalue weighted by Gasteiger charge is -2.24. The maximum absolute atomic E-state index is 16.2. The normalized spacial score (nSPS) is 12.2. The van der Waals surface area contributed by atoms with Crippen molar-refractivity contribution in [3.8, 4) is 17.2 Å². The first-order valence-electron chi connectivity index (χ1n) is 12.9. The number of carbonyl (C=O) groups is 2. The van der Waals surface area contributed by atoms with E-state index in [0.717, 1.165) is 44.2 Å². The number of anilines is 2. The van der Waals surface area contributed by atoms with E-state index in [4.69, 9.17) is 4.74 Å². The average Bonchev–Trinajstić information content (AvgIpc) is 2.91. The summed E-state index contributed by atoms with van der Waals surface area (Å²) in [7, 11) is 0. The molecule has 0 fully saturated rings. The number of aryl methyl sites for hydroxylation is 1. The Morgan fingerprint density at radius 3 is 2.02 bits per heavy atom. The minimum absolute atomic E-state index is 0.0589. The number of fused-ring (bicyclic) bond motifs is 2. The zero-order chi connectivity index (χ0) is 29.1. The van der Waals surface area contributed by atoms with Crippen molar-refractivity contribution in [2.75, 3.05) is 11.9 Å². The predicted molar refractivity (Wildman–Crippen MR) is 143 cm³/mol. The fourth-order valence-electron chi connectivity index (χ4n) is 4.78. The molecule has 0 heterocycles. The molecule has 4 rings (SSSR count). The van der Waals surface area contributed by atoms with Crippen LogP contribution in [0.5, 0.6) is 17.2 Å². The van der Waals surface area contributed by atoms with Gasteiger partial charge in [-0.25, -0.2) is 8.78 Å². The van der Waals surface area contributed by atoms with E-state index in [1.807, 2.05) is 0 Å². The van der Waals surface area contributed by atoms with E-state index < -0.39 is 79.0 Å². The van der Waals surface area contributed by atoms with Crippen molar-refractivity contribution >= 4 is 28.6 Å². The van der Waals surface area contributed by atoms with Gasteiger partial charge in [-0.05, 0) is 31.0 Å². The van der Waals surface area contributed by atoms with Gasteiger partial charge >= 0.3 is 0 Å². The van der Waals surface area contributed by atoms with Gasteiger partial charge in [-0.3, -0.25) is 19.7 Å². The predicted octanol–water partition coefficient (Wildman–Crippen LogP) is 6.85. The van der Waals surface area contributed by atoms with Crippen LogP contribution in [-0.4, -0.2) is 33.3 Å². The molecule has 0 aromatic heterocycles. The minimum Gasteiger partial charge on any atom is -0.507 e. The van der Waals surface area contributed by atoms with Gasteiger partial charge < -0.3 is 20.3 Å². The molecule has 0 saturated heterocycles. The average molecular weight is 555 g/mol. The van der Waals surface area contributed by atoms with Crippen LogP contribution >= 0.6 is 0 Å². The van der Waals surface area contributed by atoms with E-state index in [-0.39, 0.29) is 12.3 Å². The third-order valence-electron chi connectivity index (χ3n) is 6.85. The van der Waals surface area contributed by atoms with Crippen molar-refractivity contribution in [1.29, 1.82) is 0 Å². The molecular weight excluding hydrogens is 526 g/mol. The largest absolute Gasteiger partial charge is 0.507 e. The second-order valence-corrected chi connectivity index (χ2v) is 9.56. The fourth-order valence-corrected chi connectivity index (χ4v) is 4.78. The molecule has 0 spiro atoms. The van der Waals surface area contributed by atoms with E-state index in [0.29, 0.717) is 12.0 Å². The number of benzene rings is 3. The number of nitro benzene ring substituents is 1. The maximum atomic E-state index is 16.2. The zero-order valence-electron chi connectivity index (χ0n) is 22.0. The first-order valence-corrected chi connectivity index (χ1v) is 12.9. The number of nitrogens with zero attached hydrogens (tertiary/aromatic N) is 1. The first kappa shape index (κ1) is 28.5. The number of carbonyl (C=O) groups excluding carboxylic acids is 2. The summed E-state index contributed by atoms with van der Waals surface area (Å²) in [6, 6.07) is 6.02. The number of nitro groups is 1. The van der Waals surface area contributed by atoms with Gasteiger partial charge in [-0.15, -0.1) is 0 Å². The Balaban J connectivity index is 1.86. The van der Waals surface area contributed by atoms with E-state index in [1.165, 1.54) is 25.1 Å². The number of unbranched alkanes of at least 4 members (excludes halogenated alkanes) is 5. The standard InChI is InChI=1S/C29H28F2N2O7/c1-3-4-5-6-7-8-14-40-29-24(31)22-21(27(36)19-17(34)12-13-18(35)20(19)28(22)37)23(30)26(29)32-25-15(2)10-9-11-16(25)33(38)39/h9-13,32,34-35H,3-8,14H2,1-2H3. The summed E-state index contributed by atoms with van der Waals surface area (Å²) in [5, 5.41) is 34.7. The number of ketones is 2. The number of ether oxygens (including phenoxy) is 1. The quantitative estimate of drug-likeness (QED) is 0.0792. The molecule has 1 aliphatic rings. The molecular formula is C29H28F2N2O7. The van der Waals surface area contributed by atoms with E-state index in [9.17, 15) is 29.9 Å². The second-order valence-electron chi connectivity index (χ2n) is 9.56. The molecule has 3 aromatic rings. The Morgan fingerprint density at radius 1 is 0.850 bits per heavy atom. The lowest BCUT2D eigenvalue weighted by Crippen LogP contribution is -2.26. The Labute approximate surface area is 228 Å². The van der Waals surface area contributed by atoms with Crippen molar-refractivity contribution in [2.45, 2.75) is 52.4 Å². The summed E-state index contributed by atoms with van der Waals surface area (Å²) in [4.78, 5) is 37.6. The number of nitrogens with one attached hydrogen (secondary N) is 1. The first-order chi connectivity index (χ1) is 19.1. The van der Waals surface area contributed by atoms with Crippen molar-refractivity contribution < 1.29 is 38.2 Å². The van der Waals surface area contributed by atoms with Gasteiger partial charge in [0.15, 0.2) is 17.4 Å². The minimum atomic E-state index is -1.39. The highest BCUT2D eigenvalue weighted by molar-refractivity contribution is 6.31. The molecule has 0 bridgehead atoms. The van der Waals surface area contributed by atoms with Gasteiger partial charge in [0.2, 0.25) is 11.6 Å². The van der Waals surface area contributed by atoms with Crippen LogP contribution in [0, 0.1) is 28.7 Å². The molecule has 1 aliphatic carbocycles. The van der Waals surface area contributed by atoms with Crippen LogP contribution < -0.4 is 10.1 Å². The van der Waals surface area contributed by atoms with Crippen LogP contribution in [0.15, 0.2) is 30.3 Å². The molecule has 0 saturated carbocycles. The Bertz CT molecular complexity index is 1520. The van der Waals surface area contributed by atoms with Crippen LogP contribution in [0.25, 0.3) is 0 Å². The van der Waals surface area contributed by atoms with Gasteiger partial charge in [0, 0.05) is 6.07 Å². The molecule has 0 unspecified atom stereocenters. The van der Waals surface area contributed by atoms with Crippen molar-refractivity contribution in [3.05, 3.63) is 79.9 Å². The van der Waals surface area contributed by atoms with E-state index in [2.05, 4.69) is 12.2 Å². The Kier molecular flexibility index (Phi) is 8.32. The number of phenols is 2. The number of halogens is 2. The zero-order valence-corrected chi connectivity index (χ0v) is 22.0. The van der Waals surface area contributed by atoms with Gasteiger partial charge in [0.25, 0.3) is 5.69 Å². The molecule has 0 radical (unpaired) electrons. The van der Waals surface area contributed by atoms with Crippen LogP contribution in [0.2, 0.25) is 0 Å². The number of aromatic hydroxyl groups is 2. The lowest BCUT2D eigenvalue weighted by atomic mass is 9.81. The summed E-state index contributed by atoms with van der Waals surface area (Å²) in [5.41, 5.74) is -4.26. The van der Waals surface area contributed by atoms with Crippen molar-refractivity contribution in [1.82, 2.24) is 0 Å². The third kappa shape index (κ3) is 5.06. The second kappa shape index (κ2) is 11.7. The van der Waals surface area contributed by atoms with Crippen LogP contribution in [-0.2, 0) is 0 Å². The van der Waals surface area contributed by atoms with E-state index >= 15 is 8.78 Å². The number of hydrogen-bond donors (Lipinski definition) is 3. The van der Waals surface area contributed by atoms with Crippen molar-refractivity contribution in [3.63, 3.8) is 0 Å². The molecule has 210 valence electrons. The molecule has 3 N–H and O–H groups in total. The van der Waals surface area contributed by atoms with Crippen LogP contribution in [0.3, 0.4) is 0 Å². The van der Waals surface area contributed by atoms with Crippen LogP contribution in [0.4, 0.5) is 25.8 Å². The summed E-state index contributed by atoms with van der Waals surface area (Å²) < 4.78 is 38.0. The maximum Gasteiger partial charge on any atom is 0.292 e. The molecule has 0 atom stereocenters. The fraction of sp³-hybridized carbons (Fsp3) is 0.310. The summed E-state index contributed by atoms with van der Waals surface area (Å²) in [5.74, 6) is -7.34. The summed E-state index contributed by atoms with van der Waals surface area (Å²) in [6.45, 7) is 3.54. The molecule has 3 aromatic carbocycles.